The summed E-state index contributed by atoms with van der Waals surface area (Å²) in [6, 6.07) is 11.5. The minimum Gasteiger partial charge on any atom is -0.493 e. The summed E-state index contributed by atoms with van der Waals surface area (Å²) in [7, 11) is -2.02. The first-order valence-corrected chi connectivity index (χ1v) is 12.8. The summed E-state index contributed by atoms with van der Waals surface area (Å²) in [4.78, 5) is 12.8. The van der Waals surface area contributed by atoms with Gasteiger partial charge in [0.05, 0.1) is 31.3 Å². The Balaban J connectivity index is 1.33. The molecule has 2 aliphatic heterocycles. The minimum absolute atomic E-state index is 0.110. The minimum atomic E-state index is -3.59. The van der Waals surface area contributed by atoms with E-state index in [1.54, 1.807) is 7.11 Å². The van der Waals surface area contributed by atoms with E-state index in [1.165, 1.54) is 28.6 Å². The summed E-state index contributed by atoms with van der Waals surface area (Å²) in [6.07, 6.45) is 2.15. The first kappa shape index (κ1) is 24.5. The predicted molar refractivity (Wildman–Crippen MR) is 125 cm³/mol. The van der Waals surface area contributed by atoms with Crippen molar-refractivity contribution in [2.75, 3.05) is 46.6 Å². The molecule has 0 aromatic heterocycles. The zero-order chi connectivity index (χ0) is 24.0. The van der Waals surface area contributed by atoms with Crippen LogP contribution in [0.25, 0.3) is 0 Å². The van der Waals surface area contributed by atoms with Crippen molar-refractivity contribution in [2.24, 2.45) is 0 Å². The third-order valence-corrected chi connectivity index (χ3v) is 7.77. The van der Waals surface area contributed by atoms with Gasteiger partial charge >= 0.3 is 0 Å². The molecule has 2 aromatic carbocycles. The Morgan fingerprint density at radius 1 is 1.09 bits per heavy atom. The Kier molecular flexibility index (Phi) is 8.04. The molecule has 0 bridgehead atoms. The number of rotatable bonds is 9. The van der Waals surface area contributed by atoms with Gasteiger partial charge in [-0.25, -0.2) is 8.42 Å². The maximum Gasteiger partial charge on any atom is 0.251 e. The van der Waals surface area contributed by atoms with E-state index in [0.29, 0.717) is 50.0 Å². The number of ether oxygens (including phenoxy) is 4. The number of hydrogen-bond acceptors (Lipinski definition) is 7. The van der Waals surface area contributed by atoms with Gasteiger partial charge in [-0.2, -0.15) is 4.31 Å². The van der Waals surface area contributed by atoms with E-state index in [0.717, 1.165) is 25.0 Å². The molecule has 2 fully saturated rings. The Bertz CT molecular complexity index is 1080. The largest absolute Gasteiger partial charge is 0.493 e. The molecular formula is C24H30N2O7S. The Labute approximate surface area is 200 Å². The average Bonchev–Trinajstić information content (AvgIpc) is 3.40. The lowest BCUT2D eigenvalue weighted by Crippen LogP contribution is -2.40. The molecule has 0 aliphatic carbocycles. The fourth-order valence-electron chi connectivity index (χ4n) is 3.90. The number of amides is 1. The number of sulfonamides is 1. The third kappa shape index (κ3) is 5.87. The lowest BCUT2D eigenvalue weighted by Gasteiger charge is -2.26. The molecule has 1 amide bonds. The molecule has 9 nitrogen and oxygen atoms in total. The van der Waals surface area contributed by atoms with Crippen molar-refractivity contribution in [3.63, 3.8) is 0 Å². The van der Waals surface area contributed by atoms with E-state index < -0.39 is 10.0 Å². The first-order chi connectivity index (χ1) is 16.5. The number of methoxy groups -OCH3 is 1. The van der Waals surface area contributed by atoms with Gasteiger partial charge in [-0.3, -0.25) is 4.79 Å². The van der Waals surface area contributed by atoms with E-state index >= 15 is 0 Å². The van der Waals surface area contributed by atoms with Crippen molar-refractivity contribution in [1.29, 1.82) is 0 Å². The molecule has 2 heterocycles. The zero-order valence-corrected chi connectivity index (χ0v) is 20.0. The highest BCUT2D eigenvalue weighted by molar-refractivity contribution is 7.89. The maximum atomic E-state index is 12.7. The van der Waals surface area contributed by atoms with Gasteiger partial charge in [-0.15, -0.1) is 0 Å². The number of morpholine rings is 1. The molecule has 2 aromatic rings. The lowest BCUT2D eigenvalue weighted by molar-refractivity contribution is 0.0669. The van der Waals surface area contributed by atoms with E-state index in [2.05, 4.69) is 5.32 Å². The highest BCUT2D eigenvalue weighted by atomic mass is 32.2. The van der Waals surface area contributed by atoms with Crippen LogP contribution in [0.15, 0.2) is 47.4 Å². The van der Waals surface area contributed by atoms with Gasteiger partial charge in [-0.05, 0) is 54.8 Å². The summed E-state index contributed by atoms with van der Waals surface area (Å²) in [5, 5.41) is 2.85. The SMILES string of the molecule is COc1cc(CNC(=O)c2ccc(S(=O)(=O)N3CCOCC3)cc2)ccc1OCC1CCCO1. The topological polar surface area (TPSA) is 103 Å². The Morgan fingerprint density at radius 2 is 1.85 bits per heavy atom. The summed E-state index contributed by atoms with van der Waals surface area (Å²) < 4.78 is 48.9. The van der Waals surface area contributed by atoms with Crippen LogP contribution >= 0.6 is 0 Å². The summed E-state index contributed by atoms with van der Waals surface area (Å²) >= 11 is 0. The van der Waals surface area contributed by atoms with Crippen LogP contribution in [0.4, 0.5) is 0 Å². The zero-order valence-electron chi connectivity index (χ0n) is 19.2. The molecule has 34 heavy (non-hydrogen) atoms. The molecule has 1 unspecified atom stereocenters. The van der Waals surface area contributed by atoms with Gasteiger partial charge in [0, 0.05) is 31.8 Å². The average molecular weight is 491 g/mol. The molecule has 184 valence electrons. The van der Waals surface area contributed by atoms with E-state index in [4.69, 9.17) is 18.9 Å². The summed E-state index contributed by atoms with van der Waals surface area (Å²) in [6.45, 7) is 2.95. The van der Waals surface area contributed by atoms with Gasteiger partial charge < -0.3 is 24.3 Å². The van der Waals surface area contributed by atoms with Gasteiger partial charge in [0.25, 0.3) is 5.91 Å². The normalized spacial score (nSPS) is 19.0. The van der Waals surface area contributed by atoms with E-state index in [9.17, 15) is 13.2 Å². The van der Waals surface area contributed by atoms with Crippen LogP contribution in [-0.4, -0.2) is 71.4 Å². The second-order valence-corrected chi connectivity index (χ2v) is 10.1. The van der Waals surface area contributed by atoms with Crippen LogP contribution in [0.1, 0.15) is 28.8 Å². The molecule has 0 spiro atoms. The highest BCUT2D eigenvalue weighted by Crippen LogP contribution is 2.29. The van der Waals surface area contributed by atoms with Gasteiger partial charge in [0.1, 0.15) is 6.61 Å². The third-order valence-electron chi connectivity index (χ3n) is 5.85. The van der Waals surface area contributed by atoms with Crippen LogP contribution < -0.4 is 14.8 Å². The van der Waals surface area contributed by atoms with Crippen molar-refractivity contribution < 1.29 is 32.2 Å². The molecule has 4 rings (SSSR count). The fraction of sp³-hybridized carbons (Fsp3) is 0.458. The number of nitrogens with one attached hydrogen (secondary N) is 1. The number of carbonyl (C=O) groups is 1. The molecule has 10 heteroatoms. The number of nitrogens with zero attached hydrogens (tertiary/aromatic N) is 1. The molecule has 2 aliphatic rings. The van der Waals surface area contributed by atoms with Crippen LogP contribution in [0.2, 0.25) is 0 Å². The molecular weight excluding hydrogens is 460 g/mol. The molecule has 0 radical (unpaired) electrons. The van der Waals surface area contributed by atoms with Gasteiger partial charge in [0.15, 0.2) is 11.5 Å². The molecule has 0 saturated carbocycles. The first-order valence-electron chi connectivity index (χ1n) is 11.3. The van der Waals surface area contributed by atoms with Crippen molar-refractivity contribution in [1.82, 2.24) is 9.62 Å². The quantitative estimate of drug-likeness (QED) is 0.575. The Hall–Kier alpha value is -2.66. The van der Waals surface area contributed by atoms with Crippen molar-refractivity contribution >= 4 is 15.9 Å². The van der Waals surface area contributed by atoms with Crippen molar-refractivity contribution in [2.45, 2.75) is 30.4 Å². The van der Waals surface area contributed by atoms with E-state index in [-0.39, 0.29) is 23.5 Å². The standard InChI is InChI=1S/C24H30N2O7S/c1-30-23-15-18(4-9-22(23)33-17-20-3-2-12-32-20)16-25-24(27)19-5-7-21(8-6-19)34(28,29)26-10-13-31-14-11-26/h4-9,15,20H,2-3,10-14,16-17H2,1H3,(H,25,27). The van der Waals surface area contributed by atoms with E-state index in [1.807, 2.05) is 18.2 Å². The second-order valence-electron chi connectivity index (χ2n) is 8.15. The van der Waals surface area contributed by atoms with Crippen LogP contribution in [0, 0.1) is 0 Å². The van der Waals surface area contributed by atoms with Gasteiger partial charge in [-0.1, -0.05) is 6.07 Å². The van der Waals surface area contributed by atoms with Crippen molar-refractivity contribution in [3.8, 4) is 11.5 Å². The van der Waals surface area contributed by atoms with Crippen LogP contribution in [0.5, 0.6) is 11.5 Å². The number of benzene rings is 2. The lowest BCUT2D eigenvalue weighted by atomic mass is 10.1. The van der Waals surface area contributed by atoms with Crippen LogP contribution in [0.3, 0.4) is 0 Å². The van der Waals surface area contributed by atoms with Gasteiger partial charge in [0.2, 0.25) is 10.0 Å². The highest BCUT2D eigenvalue weighted by Gasteiger charge is 2.26. The van der Waals surface area contributed by atoms with Crippen molar-refractivity contribution in [3.05, 3.63) is 53.6 Å². The number of hydrogen-bond donors (Lipinski definition) is 1. The number of carbonyl (C=O) groups excluding carboxylic acids is 1. The second kappa shape index (κ2) is 11.2. The maximum absolute atomic E-state index is 12.7. The monoisotopic (exact) mass is 490 g/mol. The molecule has 1 N–H and O–H groups in total. The fourth-order valence-corrected chi connectivity index (χ4v) is 5.31. The summed E-state index contributed by atoms with van der Waals surface area (Å²) in [5.41, 5.74) is 1.23. The smallest absolute Gasteiger partial charge is 0.251 e. The predicted octanol–water partition coefficient (Wildman–Crippen LogP) is 2.20. The molecule has 2 saturated heterocycles. The Morgan fingerprint density at radius 3 is 2.53 bits per heavy atom. The molecule has 1 atom stereocenters. The summed E-state index contributed by atoms with van der Waals surface area (Å²) in [5.74, 6) is 0.917. The van der Waals surface area contributed by atoms with Crippen LogP contribution in [-0.2, 0) is 26.0 Å².